The molecule has 0 spiro atoms. The third-order valence-corrected chi connectivity index (χ3v) is 7.74. The predicted octanol–water partition coefficient (Wildman–Crippen LogP) is 3.74. The summed E-state index contributed by atoms with van der Waals surface area (Å²) in [5.74, 6) is 2.07. The Morgan fingerprint density at radius 3 is 2.35 bits per heavy atom. The van der Waals surface area contributed by atoms with Crippen LogP contribution in [-0.2, 0) is 11.8 Å². The SMILES string of the molecule is COc1cc(OC)cc(N(CCN2CCN(C(=O)C3CC3)CC2)c2ccc3ncc(-c4cnn(C)c4)nc3c2)c1. The summed E-state index contributed by atoms with van der Waals surface area (Å²) < 4.78 is 12.9. The van der Waals surface area contributed by atoms with E-state index in [4.69, 9.17) is 14.5 Å². The van der Waals surface area contributed by atoms with Gasteiger partial charge in [-0.25, -0.2) is 4.98 Å². The zero-order chi connectivity index (χ0) is 27.6. The summed E-state index contributed by atoms with van der Waals surface area (Å²) in [7, 11) is 5.22. The number of nitrogens with zero attached hydrogens (tertiary/aromatic N) is 7. The van der Waals surface area contributed by atoms with E-state index in [1.807, 2.05) is 42.4 Å². The first-order valence-corrected chi connectivity index (χ1v) is 13.8. The summed E-state index contributed by atoms with van der Waals surface area (Å²) in [5, 5.41) is 4.28. The van der Waals surface area contributed by atoms with Crippen LogP contribution in [0.1, 0.15) is 12.8 Å². The van der Waals surface area contributed by atoms with Crippen molar-refractivity contribution in [3.05, 3.63) is 55.0 Å². The first kappa shape index (κ1) is 26.1. The van der Waals surface area contributed by atoms with Crippen molar-refractivity contribution in [1.29, 1.82) is 0 Å². The van der Waals surface area contributed by atoms with E-state index < -0.39 is 0 Å². The van der Waals surface area contributed by atoms with Gasteiger partial charge in [0.2, 0.25) is 5.91 Å². The number of ether oxygens (including phenoxy) is 2. The van der Waals surface area contributed by atoms with Crippen LogP contribution in [0.5, 0.6) is 11.5 Å². The molecule has 1 saturated carbocycles. The number of amides is 1. The maximum Gasteiger partial charge on any atom is 0.225 e. The minimum absolute atomic E-state index is 0.278. The number of benzene rings is 2. The topological polar surface area (TPSA) is 88.9 Å². The van der Waals surface area contributed by atoms with E-state index >= 15 is 0 Å². The second-order valence-electron chi connectivity index (χ2n) is 10.5. The van der Waals surface area contributed by atoms with Crippen LogP contribution in [0.3, 0.4) is 0 Å². The van der Waals surface area contributed by atoms with Gasteiger partial charge in [-0.05, 0) is 31.0 Å². The number of rotatable bonds is 9. The van der Waals surface area contributed by atoms with Gasteiger partial charge in [-0.15, -0.1) is 0 Å². The highest BCUT2D eigenvalue weighted by Crippen LogP contribution is 2.34. The molecule has 2 fully saturated rings. The van der Waals surface area contributed by atoms with E-state index in [-0.39, 0.29) is 5.92 Å². The smallest absolute Gasteiger partial charge is 0.225 e. The first-order valence-electron chi connectivity index (χ1n) is 13.8. The van der Waals surface area contributed by atoms with Gasteiger partial charge >= 0.3 is 0 Å². The quantitative estimate of drug-likeness (QED) is 0.317. The number of fused-ring (bicyclic) bond motifs is 1. The molecule has 10 heteroatoms. The van der Waals surface area contributed by atoms with Crippen molar-refractivity contribution in [3.63, 3.8) is 0 Å². The van der Waals surface area contributed by atoms with Crippen LogP contribution < -0.4 is 14.4 Å². The van der Waals surface area contributed by atoms with E-state index in [1.165, 1.54) is 0 Å². The van der Waals surface area contributed by atoms with Gasteiger partial charge in [0.05, 0.1) is 43.3 Å². The molecule has 208 valence electrons. The van der Waals surface area contributed by atoms with E-state index in [9.17, 15) is 4.79 Å². The lowest BCUT2D eigenvalue weighted by atomic mass is 10.2. The molecule has 2 aromatic carbocycles. The average Bonchev–Trinajstić information content (AvgIpc) is 3.76. The summed E-state index contributed by atoms with van der Waals surface area (Å²) in [6, 6.07) is 12.1. The van der Waals surface area contributed by atoms with Gasteiger partial charge in [0.15, 0.2) is 0 Å². The van der Waals surface area contributed by atoms with Crippen LogP contribution in [-0.4, -0.2) is 88.9 Å². The van der Waals surface area contributed by atoms with Crippen LogP contribution in [0.25, 0.3) is 22.3 Å². The Morgan fingerprint density at radius 2 is 1.70 bits per heavy atom. The van der Waals surface area contributed by atoms with Gasteiger partial charge in [0.25, 0.3) is 0 Å². The van der Waals surface area contributed by atoms with Crippen LogP contribution in [0, 0.1) is 5.92 Å². The summed E-state index contributed by atoms with van der Waals surface area (Å²) >= 11 is 0. The molecule has 1 aliphatic heterocycles. The van der Waals surface area contributed by atoms with Crippen molar-refractivity contribution < 1.29 is 14.3 Å². The highest BCUT2D eigenvalue weighted by atomic mass is 16.5. The lowest BCUT2D eigenvalue weighted by molar-refractivity contribution is -0.134. The molecule has 1 amide bonds. The second kappa shape index (κ2) is 11.1. The molecule has 0 bridgehead atoms. The zero-order valence-corrected chi connectivity index (χ0v) is 23.3. The molecule has 4 aromatic rings. The van der Waals surface area contributed by atoms with Gasteiger partial charge < -0.3 is 19.3 Å². The highest BCUT2D eigenvalue weighted by molar-refractivity contribution is 5.83. The molecule has 2 aliphatic rings. The lowest BCUT2D eigenvalue weighted by Gasteiger charge is -2.36. The molecule has 0 N–H and O–H groups in total. The third-order valence-electron chi connectivity index (χ3n) is 7.74. The zero-order valence-electron chi connectivity index (χ0n) is 23.3. The number of methoxy groups -OCH3 is 2. The number of hydrogen-bond donors (Lipinski definition) is 0. The van der Waals surface area contributed by atoms with E-state index in [1.54, 1.807) is 31.3 Å². The van der Waals surface area contributed by atoms with E-state index in [0.29, 0.717) is 5.91 Å². The first-order chi connectivity index (χ1) is 19.5. The van der Waals surface area contributed by atoms with Crippen molar-refractivity contribution >= 4 is 28.3 Å². The Morgan fingerprint density at radius 1 is 0.950 bits per heavy atom. The molecule has 1 saturated heterocycles. The van der Waals surface area contributed by atoms with Crippen molar-refractivity contribution in [1.82, 2.24) is 29.5 Å². The third kappa shape index (κ3) is 5.58. The van der Waals surface area contributed by atoms with Crippen LogP contribution >= 0.6 is 0 Å². The maximum atomic E-state index is 12.5. The van der Waals surface area contributed by atoms with Gasteiger partial charge in [-0.1, -0.05) is 0 Å². The Kier molecular flexibility index (Phi) is 7.25. The van der Waals surface area contributed by atoms with Crippen LogP contribution in [0.4, 0.5) is 11.4 Å². The minimum atomic E-state index is 0.278. The number of hydrogen-bond acceptors (Lipinski definition) is 8. The Balaban J connectivity index is 1.28. The van der Waals surface area contributed by atoms with Gasteiger partial charge in [0.1, 0.15) is 11.5 Å². The van der Waals surface area contributed by atoms with E-state index in [2.05, 4.69) is 32.0 Å². The van der Waals surface area contributed by atoms with E-state index in [0.717, 1.165) is 97.3 Å². The normalized spacial score (nSPS) is 15.8. The molecule has 0 unspecified atom stereocenters. The maximum absolute atomic E-state index is 12.5. The van der Waals surface area contributed by atoms with Crippen molar-refractivity contribution in [2.24, 2.45) is 13.0 Å². The molecule has 3 heterocycles. The van der Waals surface area contributed by atoms with Gasteiger partial charge in [-0.3, -0.25) is 19.4 Å². The number of piperazine rings is 1. The Bertz CT molecular complexity index is 1490. The van der Waals surface area contributed by atoms with Gasteiger partial charge in [0, 0.05) is 93.6 Å². The predicted molar refractivity (Wildman–Crippen MR) is 154 cm³/mol. The molecule has 0 radical (unpaired) electrons. The number of carbonyl (C=O) groups excluding carboxylic acids is 1. The fourth-order valence-electron chi connectivity index (χ4n) is 5.24. The summed E-state index contributed by atoms with van der Waals surface area (Å²) in [5.41, 5.74) is 5.32. The van der Waals surface area contributed by atoms with Crippen molar-refractivity contribution in [2.75, 3.05) is 58.4 Å². The van der Waals surface area contributed by atoms with Gasteiger partial charge in [-0.2, -0.15) is 5.10 Å². The molecule has 6 rings (SSSR count). The van der Waals surface area contributed by atoms with Crippen LogP contribution in [0.15, 0.2) is 55.0 Å². The number of aryl methyl sites for hydroxylation is 1. The van der Waals surface area contributed by atoms with Crippen molar-refractivity contribution in [3.8, 4) is 22.8 Å². The van der Waals surface area contributed by atoms with Crippen LogP contribution in [0.2, 0.25) is 0 Å². The standard InChI is InChI=1S/C30H35N7O3/c1-34-20-22(18-32-34)29-19-31-27-7-6-23(16-28(27)33-29)37(24-14-25(39-2)17-26(15-24)40-3)13-10-35-8-11-36(12-9-35)30(38)21-4-5-21/h6-7,14-21H,4-5,8-13H2,1-3H3. The fourth-order valence-corrected chi connectivity index (χ4v) is 5.24. The molecule has 2 aromatic heterocycles. The molecular weight excluding hydrogens is 506 g/mol. The summed E-state index contributed by atoms with van der Waals surface area (Å²) in [6.07, 6.45) is 7.63. The molecule has 40 heavy (non-hydrogen) atoms. The lowest BCUT2D eigenvalue weighted by Crippen LogP contribution is -2.50. The molecule has 0 atom stereocenters. The molecule has 10 nitrogen and oxygen atoms in total. The highest BCUT2D eigenvalue weighted by Gasteiger charge is 2.34. The fraction of sp³-hybridized carbons (Fsp3) is 0.400. The number of aromatic nitrogens is 4. The van der Waals surface area contributed by atoms with Crippen molar-refractivity contribution in [2.45, 2.75) is 12.8 Å². The monoisotopic (exact) mass is 541 g/mol. The number of carbonyl (C=O) groups is 1. The Hall–Kier alpha value is -4.18. The average molecular weight is 542 g/mol. The molecule has 1 aliphatic carbocycles. The largest absolute Gasteiger partial charge is 0.497 e. The second-order valence-corrected chi connectivity index (χ2v) is 10.5. The summed E-state index contributed by atoms with van der Waals surface area (Å²) in [4.78, 5) is 28.8. The minimum Gasteiger partial charge on any atom is -0.497 e. The molecular formula is C30H35N7O3. The number of anilines is 2. The summed E-state index contributed by atoms with van der Waals surface area (Å²) in [6.45, 7) is 4.95. The Labute approximate surface area is 234 Å².